The lowest BCUT2D eigenvalue weighted by Crippen LogP contribution is -2.03. The van der Waals surface area contributed by atoms with Crippen molar-refractivity contribution in [3.05, 3.63) is 7.11 Å². The number of rotatable bonds is 4. The Labute approximate surface area is 50.8 Å². The zero-order chi connectivity index (χ0) is 6.41. The second-order valence-corrected chi connectivity index (χ2v) is 2.09. The average Bonchev–Trinajstić information content (AvgIpc) is 1.66. The molecular formula is C6H13O2. The second-order valence-electron chi connectivity index (χ2n) is 2.09. The van der Waals surface area contributed by atoms with E-state index in [-0.39, 0.29) is 0 Å². The van der Waals surface area contributed by atoms with Gasteiger partial charge in [0.15, 0.2) is 0 Å². The molecule has 0 fully saturated rings. The van der Waals surface area contributed by atoms with Gasteiger partial charge in [-0.15, -0.1) is 0 Å². The van der Waals surface area contributed by atoms with Gasteiger partial charge in [-0.3, -0.25) is 0 Å². The summed E-state index contributed by atoms with van der Waals surface area (Å²) in [7, 11) is 3.16. The van der Waals surface area contributed by atoms with Crippen LogP contribution < -0.4 is 0 Å². The smallest absolute Gasteiger partial charge is 0.146 e. The quantitative estimate of drug-likeness (QED) is 0.409. The Hall–Kier alpha value is -0.0800. The molecule has 0 unspecified atom stereocenters. The molecule has 0 atom stereocenters. The van der Waals surface area contributed by atoms with Crippen LogP contribution in [0, 0.1) is 13.0 Å². The van der Waals surface area contributed by atoms with Crippen molar-refractivity contribution in [2.24, 2.45) is 5.92 Å². The van der Waals surface area contributed by atoms with Gasteiger partial charge in [-0.25, -0.2) is 0 Å². The fraction of sp³-hybridized carbons (Fsp3) is 0.833. The highest BCUT2D eigenvalue weighted by Crippen LogP contribution is 1.91. The molecule has 0 saturated carbocycles. The topological polar surface area (TPSA) is 18.5 Å². The lowest BCUT2D eigenvalue weighted by molar-refractivity contribution is -0.0246. The largest absolute Gasteiger partial charge is 0.355 e. The van der Waals surface area contributed by atoms with Crippen LogP contribution in [-0.2, 0) is 9.47 Å². The maximum atomic E-state index is 4.96. The van der Waals surface area contributed by atoms with E-state index in [9.17, 15) is 0 Å². The Morgan fingerprint density at radius 1 is 1.50 bits per heavy atom. The van der Waals surface area contributed by atoms with Gasteiger partial charge in [-0.2, -0.15) is 0 Å². The van der Waals surface area contributed by atoms with Gasteiger partial charge in [0.1, 0.15) is 6.79 Å². The van der Waals surface area contributed by atoms with Crippen molar-refractivity contribution >= 4 is 0 Å². The molecule has 2 heteroatoms. The molecule has 0 bridgehead atoms. The third kappa shape index (κ3) is 5.92. The molecule has 0 heterocycles. The zero-order valence-corrected chi connectivity index (χ0v) is 5.52. The van der Waals surface area contributed by atoms with Gasteiger partial charge < -0.3 is 9.47 Å². The lowest BCUT2D eigenvalue weighted by Gasteiger charge is -2.03. The van der Waals surface area contributed by atoms with Crippen LogP contribution in [0.3, 0.4) is 0 Å². The van der Waals surface area contributed by atoms with Crippen molar-refractivity contribution in [1.82, 2.24) is 0 Å². The van der Waals surface area contributed by atoms with E-state index in [1.807, 2.05) is 0 Å². The van der Waals surface area contributed by atoms with E-state index < -0.39 is 0 Å². The van der Waals surface area contributed by atoms with Crippen LogP contribution in [0.25, 0.3) is 0 Å². The Balaban J connectivity index is 2.72. The van der Waals surface area contributed by atoms with E-state index in [0.717, 1.165) is 6.61 Å². The van der Waals surface area contributed by atoms with Crippen LogP contribution in [0.4, 0.5) is 0 Å². The van der Waals surface area contributed by atoms with Gasteiger partial charge >= 0.3 is 0 Å². The Bertz CT molecular complexity index is 43.8. The van der Waals surface area contributed by atoms with Gasteiger partial charge in [0.2, 0.25) is 0 Å². The maximum absolute atomic E-state index is 4.96. The van der Waals surface area contributed by atoms with Crippen molar-refractivity contribution in [2.45, 2.75) is 13.8 Å². The first-order valence-electron chi connectivity index (χ1n) is 2.72. The summed E-state index contributed by atoms with van der Waals surface area (Å²) in [6, 6.07) is 0. The molecule has 0 rings (SSSR count). The number of hydrogen-bond acceptors (Lipinski definition) is 2. The molecule has 0 aromatic heterocycles. The van der Waals surface area contributed by atoms with E-state index in [2.05, 4.69) is 25.7 Å². The van der Waals surface area contributed by atoms with E-state index >= 15 is 0 Å². The molecule has 0 aromatic rings. The fourth-order valence-corrected chi connectivity index (χ4v) is 0.343. The van der Waals surface area contributed by atoms with Crippen LogP contribution in [0.5, 0.6) is 0 Å². The molecule has 1 radical (unpaired) electrons. The molecule has 0 aliphatic heterocycles. The fourth-order valence-electron chi connectivity index (χ4n) is 0.343. The van der Waals surface area contributed by atoms with Gasteiger partial charge in [0.05, 0.1) is 13.7 Å². The number of hydrogen-bond donors (Lipinski definition) is 0. The molecule has 0 spiro atoms. The predicted octanol–water partition coefficient (Wildman–Crippen LogP) is 1.42. The minimum Gasteiger partial charge on any atom is -0.355 e. The standard InChI is InChI=1S/C6H13O2/c1-6(2)4-8-5-7-3/h6H,3-5H2,1-2H3. The first kappa shape index (κ1) is 7.92. The molecular weight excluding hydrogens is 104 g/mol. The summed E-state index contributed by atoms with van der Waals surface area (Å²) in [5.74, 6) is 0.574. The Morgan fingerprint density at radius 3 is 2.50 bits per heavy atom. The maximum Gasteiger partial charge on any atom is 0.146 e. The summed E-state index contributed by atoms with van der Waals surface area (Å²) in [4.78, 5) is 0. The summed E-state index contributed by atoms with van der Waals surface area (Å²) in [6.07, 6.45) is 0. The van der Waals surface area contributed by atoms with Crippen LogP contribution in [0.15, 0.2) is 0 Å². The van der Waals surface area contributed by atoms with Crippen LogP contribution in [0.2, 0.25) is 0 Å². The average molecular weight is 117 g/mol. The van der Waals surface area contributed by atoms with Gasteiger partial charge in [-0.1, -0.05) is 13.8 Å². The molecule has 8 heavy (non-hydrogen) atoms. The molecule has 0 aliphatic rings. The zero-order valence-electron chi connectivity index (χ0n) is 5.52. The van der Waals surface area contributed by atoms with Crippen molar-refractivity contribution < 1.29 is 9.47 Å². The van der Waals surface area contributed by atoms with Crippen LogP contribution in [0.1, 0.15) is 13.8 Å². The molecule has 0 N–H and O–H groups in total. The lowest BCUT2D eigenvalue weighted by atomic mass is 10.2. The van der Waals surface area contributed by atoms with E-state index in [1.165, 1.54) is 0 Å². The van der Waals surface area contributed by atoms with E-state index in [4.69, 9.17) is 4.74 Å². The summed E-state index contributed by atoms with van der Waals surface area (Å²) in [5, 5.41) is 0. The third-order valence-corrected chi connectivity index (χ3v) is 0.618. The molecule has 0 aromatic carbocycles. The summed E-state index contributed by atoms with van der Waals surface area (Å²) in [5.41, 5.74) is 0. The van der Waals surface area contributed by atoms with Crippen LogP contribution in [-0.4, -0.2) is 13.4 Å². The summed E-state index contributed by atoms with van der Waals surface area (Å²) < 4.78 is 9.38. The minimum absolute atomic E-state index is 0.304. The molecule has 0 aliphatic carbocycles. The van der Waals surface area contributed by atoms with Crippen molar-refractivity contribution in [1.29, 1.82) is 0 Å². The van der Waals surface area contributed by atoms with Gasteiger partial charge in [0.25, 0.3) is 0 Å². The highest BCUT2D eigenvalue weighted by atomic mass is 16.7. The molecule has 0 amide bonds. The van der Waals surface area contributed by atoms with Crippen molar-refractivity contribution in [3.63, 3.8) is 0 Å². The van der Waals surface area contributed by atoms with Gasteiger partial charge in [-0.05, 0) is 5.92 Å². The molecule has 49 valence electrons. The first-order valence-corrected chi connectivity index (χ1v) is 2.72. The van der Waals surface area contributed by atoms with Crippen LogP contribution >= 0.6 is 0 Å². The summed E-state index contributed by atoms with van der Waals surface area (Å²) >= 11 is 0. The predicted molar refractivity (Wildman–Crippen MR) is 32.1 cm³/mol. The highest BCUT2D eigenvalue weighted by molar-refractivity contribution is 4.36. The van der Waals surface area contributed by atoms with E-state index in [1.54, 1.807) is 0 Å². The summed E-state index contributed by atoms with van der Waals surface area (Å²) in [6.45, 7) is 5.22. The monoisotopic (exact) mass is 117 g/mol. The Kier molecular flexibility index (Phi) is 5.01. The SMILES string of the molecule is [CH2]OCOCC(C)C. The van der Waals surface area contributed by atoms with Crippen molar-refractivity contribution in [3.8, 4) is 0 Å². The minimum atomic E-state index is 0.304. The Morgan fingerprint density at radius 2 is 2.12 bits per heavy atom. The van der Waals surface area contributed by atoms with Crippen molar-refractivity contribution in [2.75, 3.05) is 13.4 Å². The van der Waals surface area contributed by atoms with Gasteiger partial charge in [0, 0.05) is 0 Å². The second kappa shape index (κ2) is 5.06. The normalized spacial score (nSPS) is 10.5. The van der Waals surface area contributed by atoms with E-state index in [0.29, 0.717) is 12.7 Å². The third-order valence-electron chi connectivity index (χ3n) is 0.618. The molecule has 2 nitrogen and oxygen atoms in total. The molecule has 0 saturated heterocycles. The number of ether oxygens (including phenoxy) is 2. The highest BCUT2D eigenvalue weighted by Gasteiger charge is 1.90. The first-order chi connectivity index (χ1) is 3.77.